The van der Waals surface area contributed by atoms with E-state index in [0.29, 0.717) is 0 Å². The molecule has 1 fully saturated rings. The Hall–Kier alpha value is -1.79. The smallest absolute Gasteiger partial charge is 0.383 e. The Labute approximate surface area is 151 Å². The van der Waals surface area contributed by atoms with Gasteiger partial charge in [-0.1, -0.05) is 5.11 Å². The van der Waals surface area contributed by atoms with Gasteiger partial charge in [-0.3, -0.25) is 9.13 Å². The summed E-state index contributed by atoms with van der Waals surface area (Å²) in [5, 5.41) is 3.53. The van der Waals surface area contributed by atoms with E-state index in [2.05, 4.69) is 19.3 Å². The summed E-state index contributed by atoms with van der Waals surface area (Å²) in [5.74, 6) is 0.0180. The molecule has 0 bridgehead atoms. The average molecular weight is 426 g/mol. The third kappa shape index (κ3) is 6.40. The highest BCUT2D eigenvalue weighted by molar-refractivity contribution is 7.63. The molecule has 150 valence electrons. The fraction of sp³-hybridized carbons (Fsp3) is 0.600. The number of azide groups is 1. The Morgan fingerprint density at radius 1 is 1.48 bits per heavy atom. The number of nitrogen functional groups attached to an aromatic ring is 1. The fourth-order valence-electron chi connectivity index (χ4n) is 2.34. The van der Waals surface area contributed by atoms with E-state index >= 15 is 0 Å². The minimum Gasteiger partial charge on any atom is -0.383 e. The molecule has 5 N–H and O–H groups in total. The third-order valence-corrected chi connectivity index (χ3v) is 5.72. The van der Waals surface area contributed by atoms with Crippen molar-refractivity contribution in [2.24, 2.45) is 5.11 Å². The average Bonchev–Trinajstić information content (AvgIpc) is 2.87. The number of hydrogen-bond acceptors (Lipinski definition) is 9. The SMILES string of the molecule is [N-]=[N+]=N[C@H]1C[C@@H](n2ccc(N)nc2=O)O[C@H]1COCP(=O)(O)OP(=O)(O)O. The predicted molar refractivity (Wildman–Crippen MR) is 88.1 cm³/mol. The Balaban J connectivity index is 2.03. The van der Waals surface area contributed by atoms with Gasteiger partial charge in [0.05, 0.1) is 18.8 Å². The van der Waals surface area contributed by atoms with E-state index in [1.807, 2.05) is 0 Å². The molecule has 27 heavy (non-hydrogen) atoms. The summed E-state index contributed by atoms with van der Waals surface area (Å²) in [6.45, 7) is -0.369. The van der Waals surface area contributed by atoms with Crippen molar-refractivity contribution in [3.05, 3.63) is 33.2 Å². The Morgan fingerprint density at radius 2 is 2.19 bits per heavy atom. The van der Waals surface area contributed by atoms with Crippen molar-refractivity contribution < 1.29 is 37.6 Å². The van der Waals surface area contributed by atoms with Crippen molar-refractivity contribution in [3.63, 3.8) is 0 Å². The van der Waals surface area contributed by atoms with Gasteiger partial charge in [0.15, 0.2) is 0 Å². The summed E-state index contributed by atoms with van der Waals surface area (Å²) in [6, 6.07) is 0.601. The first kappa shape index (κ1) is 21.5. The summed E-state index contributed by atoms with van der Waals surface area (Å²) in [7, 11) is -9.90. The minimum absolute atomic E-state index is 0.0180. The molecule has 0 aromatic carbocycles. The van der Waals surface area contributed by atoms with Gasteiger partial charge in [-0.25, -0.2) is 13.7 Å². The highest BCUT2D eigenvalue weighted by atomic mass is 31.3. The maximum absolute atomic E-state index is 11.9. The molecular weight excluding hydrogens is 410 g/mol. The number of aromatic nitrogens is 2. The van der Waals surface area contributed by atoms with E-state index in [1.54, 1.807) is 0 Å². The first-order chi connectivity index (χ1) is 12.5. The lowest BCUT2D eigenvalue weighted by atomic mass is 10.1. The molecule has 0 saturated carbocycles. The molecule has 0 amide bonds. The molecule has 1 aliphatic heterocycles. The number of hydrogen-bond donors (Lipinski definition) is 4. The molecule has 0 spiro atoms. The first-order valence-corrected chi connectivity index (χ1v) is 10.5. The van der Waals surface area contributed by atoms with Gasteiger partial charge in [-0.15, -0.1) is 0 Å². The number of rotatable bonds is 8. The van der Waals surface area contributed by atoms with E-state index in [1.165, 1.54) is 12.3 Å². The van der Waals surface area contributed by atoms with Gasteiger partial charge < -0.3 is 29.9 Å². The number of nitrogens with zero attached hydrogens (tertiary/aromatic N) is 5. The summed E-state index contributed by atoms with van der Waals surface area (Å²) in [4.78, 5) is 44.5. The van der Waals surface area contributed by atoms with Crippen LogP contribution >= 0.6 is 15.4 Å². The van der Waals surface area contributed by atoms with Gasteiger partial charge in [0.1, 0.15) is 18.4 Å². The number of phosphoric acid groups is 1. The van der Waals surface area contributed by atoms with Crippen molar-refractivity contribution in [2.45, 2.75) is 24.8 Å². The van der Waals surface area contributed by atoms with E-state index in [9.17, 15) is 18.8 Å². The molecule has 4 atom stereocenters. The zero-order valence-electron chi connectivity index (χ0n) is 13.5. The summed E-state index contributed by atoms with van der Waals surface area (Å²) >= 11 is 0. The fourth-order valence-corrected chi connectivity index (χ4v) is 4.20. The maximum Gasteiger partial charge on any atom is 0.476 e. The molecular formula is C10H16N6O9P2. The topological polar surface area (TPSA) is 232 Å². The molecule has 0 aliphatic carbocycles. The van der Waals surface area contributed by atoms with Crippen LogP contribution in [0.2, 0.25) is 0 Å². The zero-order chi connectivity index (χ0) is 20.2. The largest absolute Gasteiger partial charge is 0.476 e. The van der Waals surface area contributed by atoms with Gasteiger partial charge in [0, 0.05) is 17.5 Å². The molecule has 0 radical (unpaired) electrons. The van der Waals surface area contributed by atoms with E-state index in [4.69, 9.17) is 30.5 Å². The minimum atomic E-state index is -5.18. The second-order valence-electron chi connectivity index (χ2n) is 5.39. The van der Waals surface area contributed by atoms with Gasteiger partial charge in [-0.2, -0.15) is 4.98 Å². The predicted octanol–water partition coefficient (Wildman–Crippen LogP) is 0.0607. The van der Waals surface area contributed by atoms with Crippen molar-refractivity contribution in [1.29, 1.82) is 0 Å². The molecule has 1 saturated heterocycles. The Kier molecular flexibility index (Phi) is 6.76. The Bertz CT molecular complexity index is 880. The van der Waals surface area contributed by atoms with Crippen LogP contribution in [0.3, 0.4) is 0 Å². The number of anilines is 1. The quantitative estimate of drug-likeness (QED) is 0.188. The zero-order valence-corrected chi connectivity index (χ0v) is 15.3. The number of nitrogens with two attached hydrogens (primary N) is 1. The highest BCUT2D eigenvalue weighted by Crippen LogP contribution is 2.56. The van der Waals surface area contributed by atoms with Crippen LogP contribution in [0.15, 0.2) is 22.2 Å². The van der Waals surface area contributed by atoms with Crippen LogP contribution in [-0.4, -0.2) is 49.3 Å². The van der Waals surface area contributed by atoms with Crippen LogP contribution in [0.5, 0.6) is 0 Å². The normalized spacial score (nSPS) is 24.9. The van der Waals surface area contributed by atoms with E-state index in [0.717, 1.165) is 4.57 Å². The lowest BCUT2D eigenvalue weighted by molar-refractivity contribution is -0.0401. The molecule has 15 nitrogen and oxygen atoms in total. The first-order valence-electron chi connectivity index (χ1n) is 7.21. The Morgan fingerprint density at radius 3 is 2.78 bits per heavy atom. The van der Waals surface area contributed by atoms with Crippen LogP contribution < -0.4 is 11.4 Å². The maximum atomic E-state index is 11.9. The monoisotopic (exact) mass is 426 g/mol. The van der Waals surface area contributed by atoms with E-state index < -0.39 is 45.8 Å². The van der Waals surface area contributed by atoms with Crippen LogP contribution in [0.4, 0.5) is 5.82 Å². The standard InChI is InChI=1S/C10H16N6O9P2/c11-8-1-2-16(10(17)13-8)9-3-6(14-15-12)7(24-9)4-23-5-26(18,19)25-27(20,21)22/h1-2,6-7,9H,3-5H2,(H,18,19)(H2,11,13,17)(H2,20,21,22)/t6-,7-,9-/m0/s1. The molecule has 1 aliphatic rings. The number of ether oxygens (including phenoxy) is 2. The molecule has 1 unspecified atom stereocenters. The van der Waals surface area contributed by atoms with Gasteiger partial charge in [0.2, 0.25) is 0 Å². The van der Waals surface area contributed by atoms with Crippen LogP contribution in [-0.2, 0) is 22.9 Å². The third-order valence-electron chi connectivity index (χ3n) is 3.34. The van der Waals surface area contributed by atoms with Crippen LogP contribution in [0.1, 0.15) is 12.6 Å². The van der Waals surface area contributed by atoms with E-state index in [-0.39, 0.29) is 18.8 Å². The lowest BCUT2D eigenvalue weighted by Crippen LogP contribution is -2.28. The summed E-state index contributed by atoms with van der Waals surface area (Å²) < 4.78 is 37.5. The molecule has 2 heterocycles. The molecule has 1 aromatic heterocycles. The van der Waals surface area contributed by atoms with Crippen molar-refractivity contribution in [2.75, 3.05) is 18.7 Å². The van der Waals surface area contributed by atoms with Crippen LogP contribution in [0, 0.1) is 0 Å². The van der Waals surface area contributed by atoms with Crippen molar-refractivity contribution in [3.8, 4) is 0 Å². The van der Waals surface area contributed by atoms with Crippen molar-refractivity contribution >= 4 is 21.2 Å². The molecule has 1 aromatic rings. The summed E-state index contributed by atoms with van der Waals surface area (Å²) in [6.07, 6.45) is -1.33. The van der Waals surface area contributed by atoms with Gasteiger partial charge in [-0.05, 0) is 11.6 Å². The highest BCUT2D eigenvalue weighted by Gasteiger charge is 2.37. The second kappa shape index (κ2) is 8.48. The van der Waals surface area contributed by atoms with Gasteiger partial charge in [0.25, 0.3) is 0 Å². The molecule has 17 heteroatoms. The molecule has 2 rings (SSSR count). The summed E-state index contributed by atoms with van der Waals surface area (Å²) in [5.41, 5.74) is 13.4. The van der Waals surface area contributed by atoms with Crippen molar-refractivity contribution in [1.82, 2.24) is 9.55 Å². The van der Waals surface area contributed by atoms with Crippen LogP contribution in [0.25, 0.3) is 10.4 Å². The van der Waals surface area contributed by atoms with Gasteiger partial charge >= 0.3 is 21.1 Å². The lowest BCUT2D eigenvalue weighted by Gasteiger charge is -2.18. The second-order valence-corrected chi connectivity index (χ2v) is 8.56.